The van der Waals surface area contributed by atoms with Gasteiger partial charge in [0.05, 0.1) is 5.69 Å². The zero-order chi connectivity index (χ0) is 22.5. The highest BCUT2D eigenvalue weighted by atomic mass is 32.1. The van der Waals surface area contributed by atoms with Gasteiger partial charge >= 0.3 is 0 Å². The van der Waals surface area contributed by atoms with Crippen molar-refractivity contribution in [1.29, 1.82) is 0 Å². The van der Waals surface area contributed by atoms with Crippen molar-refractivity contribution < 1.29 is 13.9 Å². The van der Waals surface area contributed by atoms with Crippen LogP contribution in [-0.2, 0) is 9.53 Å². The van der Waals surface area contributed by atoms with Crippen molar-refractivity contribution in [2.75, 3.05) is 17.7 Å². The van der Waals surface area contributed by atoms with Crippen LogP contribution in [0.1, 0.15) is 42.2 Å². The summed E-state index contributed by atoms with van der Waals surface area (Å²) in [4.78, 5) is 12.7. The summed E-state index contributed by atoms with van der Waals surface area (Å²) in [5.74, 6) is -1.00. The van der Waals surface area contributed by atoms with Gasteiger partial charge in [0.25, 0.3) is 5.91 Å². The number of halogens is 1. The summed E-state index contributed by atoms with van der Waals surface area (Å²) in [7, 11) is 1.37. The summed E-state index contributed by atoms with van der Waals surface area (Å²) in [6.07, 6.45) is 5.37. The molecule has 0 radical (unpaired) electrons. The lowest BCUT2D eigenvalue weighted by atomic mass is 9.93. The van der Waals surface area contributed by atoms with Gasteiger partial charge in [0, 0.05) is 24.9 Å². The molecule has 2 N–H and O–H groups in total. The minimum Gasteiger partial charge on any atom is -0.367 e. The molecule has 1 aliphatic rings. The highest BCUT2D eigenvalue weighted by molar-refractivity contribution is 7.19. The fraction of sp³-hybridized carbons (Fsp3) is 0.318. The number of benzene rings is 1. The summed E-state index contributed by atoms with van der Waals surface area (Å²) in [5.41, 5.74) is 3.11. The SMILES string of the molecule is COC(C(=O)Nc1nnc(NC2CC=C(c3cccnn3)CC2)s1)c1cc(C)ccc1F. The van der Waals surface area contributed by atoms with Gasteiger partial charge in [-0.05, 0) is 50.0 Å². The number of amides is 1. The second kappa shape index (κ2) is 9.92. The number of carbonyl (C=O) groups excluding carboxylic acids is 1. The minimum absolute atomic E-state index is 0.181. The molecule has 1 aliphatic carbocycles. The number of ether oxygens (including phenoxy) is 1. The summed E-state index contributed by atoms with van der Waals surface area (Å²) in [6.45, 7) is 1.83. The van der Waals surface area contributed by atoms with E-state index in [0.717, 1.165) is 30.5 Å². The summed E-state index contributed by atoms with van der Waals surface area (Å²) in [5, 5.41) is 23.2. The van der Waals surface area contributed by atoms with E-state index in [4.69, 9.17) is 4.74 Å². The average molecular weight is 455 g/mol. The van der Waals surface area contributed by atoms with Crippen molar-refractivity contribution in [2.45, 2.75) is 38.3 Å². The predicted molar refractivity (Wildman–Crippen MR) is 121 cm³/mol. The maximum absolute atomic E-state index is 14.2. The first-order chi connectivity index (χ1) is 15.5. The number of aromatic nitrogens is 4. The van der Waals surface area contributed by atoms with Gasteiger partial charge in [0.2, 0.25) is 10.3 Å². The Bertz CT molecular complexity index is 1120. The molecular weight excluding hydrogens is 431 g/mol. The van der Waals surface area contributed by atoms with Crippen LogP contribution in [-0.4, -0.2) is 39.5 Å². The third kappa shape index (κ3) is 5.14. The molecule has 2 heterocycles. The molecule has 0 saturated heterocycles. The van der Waals surface area contributed by atoms with Crippen LogP contribution in [0.2, 0.25) is 0 Å². The highest BCUT2D eigenvalue weighted by Gasteiger charge is 2.25. The Balaban J connectivity index is 1.36. The number of hydrogen-bond donors (Lipinski definition) is 2. The molecule has 166 valence electrons. The fourth-order valence-corrected chi connectivity index (χ4v) is 4.31. The Kier molecular flexibility index (Phi) is 6.81. The van der Waals surface area contributed by atoms with E-state index >= 15 is 0 Å². The quantitative estimate of drug-likeness (QED) is 0.553. The van der Waals surface area contributed by atoms with Gasteiger partial charge in [-0.2, -0.15) is 10.2 Å². The van der Waals surface area contributed by atoms with Crippen LogP contribution >= 0.6 is 11.3 Å². The van der Waals surface area contributed by atoms with Crippen molar-refractivity contribution in [3.05, 3.63) is 65.2 Å². The van der Waals surface area contributed by atoms with Gasteiger partial charge in [0.15, 0.2) is 6.10 Å². The van der Waals surface area contributed by atoms with Gasteiger partial charge < -0.3 is 10.1 Å². The van der Waals surface area contributed by atoms with Gasteiger partial charge in [-0.3, -0.25) is 10.1 Å². The van der Waals surface area contributed by atoms with E-state index in [1.165, 1.54) is 30.1 Å². The molecule has 3 aromatic rings. The Hall–Kier alpha value is -3.24. The number of rotatable bonds is 7. The van der Waals surface area contributed by atoms with Crippen molar-refractivity contribution >= 4 is 33.1 Å². The molecule has 1 aromatic carbocycles. The first-order valence-corrected chi connectivity index (χ1v) is 11.0. The maximum atomic E-state index is 14.2. The topological polar surface area (TPSA) is 102 Å². The van der Waals surface area contributed by atoms with E-state index in [1.54, 1.807) is 18.3 Å². The van der Waals surface area contributed by atoms with Crippen LogP contribution in [0.15, 0.2) is 42.6 Å². The number of allylic oxidation sites excluding steroid dienone is 1. The molecule has 1 amide bonds. The average Bonchev–Trinajstić information content (AvgIpc) is 3.24. The molecule has 0 bridgehead atoms. The first kappa shape index (κ1) is 22.0. The standard InChI is InChI=1S/C22H23FN6O2S/c1-13-5-10-17(23)16(12-13)19(31-2)20(30)26-22-29-28-21(32-22)25-15-8-6-14(7-9-15)18-4-3-11-24-27-18/h3-6,10-12,15,19H,7-9H2,1-2H3,(H,25,28)(H,26,29,30). The number of nitrogens with zero attached hydrogens (tertiary/aromatic N) is 4. The van der Waals surface area contributed by atoms with Crippen LogP contribution < -0.4 is 10.6 Å². The van der Waals surface area contributed by atoms with Crippen molar-refractivity contribution in [2.24, 2.45) is 0 Å². The van der Waals surface area contributed by atoms with Crippen molar-refractivity contribution in [1.82, 2.24) is 20.4 Å². The smallest absolute Gasteiger partial charge is 0.260 e. The number of anilines is 2. The lowest BCUT2D eigenvalue weighted by molar-refractivity contribution is -0.126. The van der Waals surface area contributed by atoms with E-state index in [1.807, 2.05) is 19.1 Å². The molecular formula is C22H23FN6O2S. The molecule has 0 aliphatic heterocycles. The zero-order valence-electron chi connectivity index (χ0n) is 17.7. The monoisotopic (exact) mass is 454 g/mol. The third-order valence-corrected chi connectivity index (χ3v) is 5.97. The number of hydrogen-bond acceptors (Lipinski definition) is 8. The zero-order valence-corrected chi connectivity index (χ0v) is 18.5. The minimum atomic E-state index is -1.09. The predicted octanol–water partition coefficient (Wildman–Crippen LogP) is 4.15. The van der Waals surface area contributed by atoms with E-state index in [9.17, 15) is 9.18 Å². The lowest BCUT2D eigenvalue weighted by Crippen LogP contribution is -2.23. The summed E-state index contributed by atoms with van der Waals surface area (Å²) >= 11 is 1.22. The second-order valence-corrected chi connectivity index (χ2v) is 8.47. The van der Waals surface area contributed by atoms with Gasteiger partial charge in [0.1, 0.15) is 5.82 Å². The third-order valence-electron chi connectivity index (χ3n) is 5.20. The van der Waals surface area contributed by atoms with Gasteiger partial charge in [-0.25, -0.2) is 4.39 Å². The van der Waals surface area contributed by atoms with Crippen LogP contribution in [0.3, 0.4) is 0 Å². The molecule has 2 aromatic heterocycles. The van der Waals surface area contributed by atoms with Crippen LogP contribution in [0.25, 0.3) is 5.57 Å². The van der Waals surface area contributed by atoms with E-state index in [-0.39, 0.29) is 11.6 Å². The molecule has 8 nitrogen and oxygen atoms in total. The molecule has 0 saturated carbocycles. The lowest BCUT2D eigenvalue weighted by Gasteiger charge is -2.22. The number of methoxy groups -OCH3 is 1. The molecule has 0 fully saturated rings. The van der Waals surface area contributed by atoms with E-state index in [2.05, 4.69) is 37.1 Å². The maximum Gasteiger partial charge on any atom is 0.260 e. The number of aryl methyl sites for hydroxylation is 1. The van der Waals surface area contributed by atoms with E-state index in [0.29, 0.717) is 10.3 Å². The van der Waals surface area contributed by atoms with E-state index < -0.39 is 17.8 Å². The number of carbonyl (C=O) groups is 1. The molecule has 0 spiro atoms. The second-order valence-electron chi connectivity index (χ2n) is 7.50. The molecule has 2 atom stereocenters. The highest BCUT2D eigenvalue weighted by Crippen LogP contribution is 2.30. The summed E-state index contributed by atoms with van der Waals surface area (Å²) < 4.78 is 19.5. The van der Waals surface area contributed by atoms with Crippen LogP contribution in [0.4, 0.5) is 14.7 Å². The molecule has 4 rings (SSSR count). The Morgan fingerprint density at radius 2 is 2.09 bits per heavy atom. The normalized spacial score (nSPS) is 16.8. The van der Waals surface area contributed by atoms with Gasteiger partial charge in [-0.15, -0.1) is 10.2 Å². The fourth-order valence-electron chi connectivity index (χ4n) is 3.59. The number of nitrogens with one attached hydrogen (secondary N) is 2. The molecule has 2 unspecified atom stereocenters. The molecule has 32 heavy (non-hydrogen) atoms. The van der Waals surface area contributed by atoms with Crippen molar-refractivity contribution in [3.8, 4) is 0 Å². The van der Waals surface area contributed by atoms with Gasteiger partial charge in [-0.1, -0.05) is 35.1 Å². The van der Waals surface area contributed by atoms with Crippen LogP contribution in [0.5, 0.6) is 0 Å². The first-order valence-electron chi connectivity index (χ1n) is 10.2. The largest absolute Gasteiger partial charge is 0.367 e. The Morgan fingerprint density at radius 3 is 2.81 bits per heavy atom. The summed E-state index contributed by atoms with van der Waals surface area (Å²) in [6, 6.07) is 8.62. The Morgan fingerprint density at radius 1 is 1.25 bits per heavy atom. The Labute approximate surface area is 188 Å². The van der Waals surface area contributed by atoms with Crippen LogP contribution in [0, 0.1) is 12.7 Å². The molecule has 10 heteroatoms. The van der Waals surface area contributed by atoms with Crippen molar-refractivity contribution in [3.63, 3.8) is 0 Å².